The van der Waals surface area contributed by atoms with E-state index in [2.05, 4.69) is 21.0 Å². The summed E-state index contributed by atoms with van der Waals surface area (Å²) in [6.45, 7) is 5.89. The van der Waals surface area contributed by atoms with Crippen molar-refractivity contribution in [3.05, 3.63) is 76.4 Å². The van der Waals surface area contributed by atoms with E-state index in [4.69, 9.17) is 9.72 Å². The zero-order valence-electron chi connectivity index (χ0n) is 22.0. The molecule has 2 amide bonds. The van der Waals surface area contributed by atoms with Gasteiger partial charge in [0.2, 0.25) is 0 Å². The van der Waals surface area contributed by atoms with Crippen molar-refractivity contribution < 1.29 is 14.3 Å². The van der Waals surface area contributed by atoms with Gasteiger partial charge in [0.25, 0.3) is 11.8 Å². The van der Waals surface area contributed by atoms with E-state index in [9.17, 15) is 9.59 Å². The number of nitrogens with one attached hydrogen (secondary N) is 1. The maximum Gasteiger partial charge on any atom is 0.264 e. The van der Waals surface area contributed by atoms with Crippen molar-refractivity contribution in [1.29, 1.82) is 0 Å². The number of aryl methyl sites for hydroxylation is 1. The van der Waals surface area contributed by atoms with Crippen molar-refractivity contribution in [2.45, 2.75) is 31.8 Å². The fourth-order valence-corrected chi connectivity index (χ4v) is 6.69. The standard InChI is InChI=1S/C29H31N5O3S/c1-29(2)25-24(26(35)31-29)38-28(30-25)34-12-13-37-17-21(34)14-19-16-32(3)23-11-10-18(15-22(19)23)27(36)33(4)20-8-6-5-7-9-20/h5-11,15-16,21H,12-14,17H2,1-4H3,(H,31,35)/t21-/m0/s1. The Morgan fingerprint density at radius 2 is 2.03 bits per heavy atom. The average molecular weight is 530 g/mol. The minimum absolute atomic E-state index is 0.0475. The summed E-state index contributed by atoms with van der Waals surface area (Å²) in [5.41, 5.74) is 4.10. The number of carbonyl (C=O) groups is 2. The van der Waals surface area contributed by atoms with Gasteiger partial charge in [-0.25, -0.2) is 4.98 Å². The van der Waals surface area contributed by atoms with Gasteiger partial charge in [0.1, 0.15) is 4.88 Å². The molecule has 2 aromatic carbocycles. The summed E-state index contributed by atoms with van der Waals surface area (Å²) in [4.78, 5) is 35.4. The number of amides is 2. The highest BCUT2D eigenvalue weighted by Gasteiger charge is 2.40. The number of rotatable bonds is 5. The van der Waals surface area contributed by atoms with E-state index in [1.54, 1.807) is 11.9 Å². The van der Waals surface area contributed by atoms with Crippen LogP contribution in [0.1, 0.15) is 45.1 Å². The largest absolute Gasteiger partial charge is 0.377 e. The van der Waals surface area contributed by atoms with E-state index in [0.29, 0.717) is 23.7 Å². The van der Waals surface area contributed by atoms with Gasteiger partial charge in [-0.3, -0.25) is 9.59 Å². The molecule has 1 atom stereocenters. The Morgan fingerprint density at radius 1 is 1.24 bits per heavy atom. The topological polar surface area (TPSA) is 79.7 Å². The quantitative estimate of drug-likeness (QED) is 0.416. The van der Waals surface area contributed by atoms with E-state index in [0.717, 1.165) is 45.9 Å². The lowest BCUT2D eigenvalue weighted by Gasteiger charge is -2.35. The monoisotopic (exact) mass is 529 g/mol. The smallest absolute Gasteiger partial charge is 0.264 e. The highest BCUT2D eigenvalue weighted by molar-refractivity contribution is 7.17. The Kier molecular flexibility index (Phi) is 6.00. The molecule has 2 aliphatic heterocycles. The molecule has 6 rings (SSSR count). The van der Waals surface area contributed by atoms with Crippen molar-refractivity contribution in [2.75, 3.05) is 36.6 Å². The van der Waals surface area contributed by atoms with Crippen molar-refractivity contribution in [3.63, 3.8) is 0 Å². The molecule has 0 spiro atoms. The lowest BCUT2D eigenvalue weighted by Crippen LogP contribution is -2.47. The third-order valence-electron chi connectivity index (χ3n) is 7.54. The maximum absolute atomic E-state index is 13.3. The van der Waals surface area contributed by atoms with Crippen LogP contribution in [0.2, 0.25) is 0 Å². The first-order valence-electron chi connectivity index (χ1n) is 12.8. The number of carbonyl (C=O) groups excluding carboxylic acids is 2. The van der Waals surface area contributed by atoms with Gasteiger partial charge in [-0.2, -0.15) is 0 Å². The van der Waals surface area contributed by atoms with Crippen LogP contribution in [-0.4, -0.2) is 54.2 Å². The second-order valence-corrected chi connectivity index (χ2v) is 11.6. The summed E-state index contributed by atoms with van der Waals surface area (Å²) in [6.07, 6.45) is 2.88. The van der Waals surface area contributed by atoms with E-state index in [1.807, 2.05) is 69.4 Å². The lowest BCUT2D eigenvalue weighted by molar-refractivity contribution is 0.0937. The van der Waals surface area contributed by atoms with Crippen molar-refractivity contribution in [3.8, 4) is 0 Å². The summed E-state index contributed by atoms with van der Waals surface area (Å²) >= 11 is 1.46. The van der Waals surface area contributed by atoms with Crippen molar-refractivity contribution >= 4 is 44.9 Å². The van der Waals surface area contributed by atoms with Crippen LogP contribution in [0.5, 0.6) is 0 Å². The SMILES string of the molecule is CN(C(=O)c1ccc2c(c1)c(C[C@H]1COCCN1c1nc3c(s1)C(=O)NC3(C)C)cn2C)c1ccccc1. The van der Waals surface area contributed by atoms with Crippen LogP contribution in [0, 0.1) is 0 Å². The van der Waals surface area contributed by atoms with Crippen LogP contribution < -0.4 is 15.1 Å². The summed E-state index contributed by atoms with van der Waals surface area (Å²) in [6, 6.07) is 15.7. The van der Waals surface area contributed by atoms with Gasteiger partial charge in [0.05, 0.1) is 30.5 Å². The predicted molar refractivity (Wildman–Crippen MR) is 150 cm³/mol. The Hall–Kier alpha value is -3.69. The van der Waals surface area contributed by atoms with Gasteiger partial charge in [-0.05, 0) is 56.2 Å². The zero-order valence-corrected chi connectivity index (χ0v) is 22.8. The summed E-state index contributed by atoms with van der Waals surface area (Å²) < 4.78 is 8.00. The first-order valence-corrected chi connectivity index (χ1v) is 13.6. The van der Waals surface area contributed by atoms with Gasteiger partial charge < -0.3 is 24.4 Å². The molecule has 0 aliphatic carbocycles. The van der Waals surface area contributed by atoms with Crippen LogP contribution >= 0.6 is 11.3 Å². The number of fused-ring (bicyclic) bond motifs is 2. The summed E-state index contributed by atoms with van der Waals surface area (Å²) in [5, 5.41) is 4.94. The minimum Gasteiger partial charge on any atom is -0.377 e. The van der Waals surface area contributed by atoms with Crippen LogP contribution in [0.4, 0.5) is 10.8 Å². The number of nitrogens with zero attached hydrogens (tertiary/aromatic N) is 4. The summed E-state index contributed by atoms with van der Waals surface area (Å²) in [5.74, 6) is -0.0981. The lowest BCUT2D eigenvalue weighted by atomic mass is 10.0. The van der Waals surface area contributed by atoms with Crippen LogP contribution in [0.3, 0.4) is 0 Å². The van der Waals surface area contributed by atoms with Gasteiger partial charge in [-0.1, -0.05) is 29.5 Å². The van der Waals surface area contributed by atoms with E-state index in [1.165, 1.54) is 11.3 Å². The molecule has 4 aromatic rings. The number of hydrogen-bond donors (Lipinski definition) is 1. The zero-order chi connectivity index (χ0) is 26.6. The molecule has 2 aromatic heterocycles. The number of hydrogen-bond acceptors (Lipinski definition) is 6. The molecule has 1 N–H and O–H groups in total. The van der Waals surface area contributed by atoms with E-state index < -0.39 is 5.54 Å². The second-order valence-electron chi connectivity index (χ2n) is 10.6. The van der Waals surface area contributed by atoms with Crippen molar-refractivity contribution in [1.82, 2.24) is 14.9 Å². The van der Waals surface area contributed by atoms with Crippen LogP contribution in [0.15, 0.2) is 54.7 Å². The van der Waals surface area contributed by atoms with Crippen LogP contribution in [0.25, 0.3) is 10.9 Å². The number of anilines is 2. The number of benzene rings is 2. The maximum atomic E-state index is 13.3. The highest BCUT2D eigenvalue weighted by Crippen LogP contribution is 2.39. The summed E-state index contributed by atoms with van der Waals surface area (Å²) in [7, 11) is 3.84. The Bertz CT molecular complexity index is 1540. The van der Waals surface area contributed by atoms with Crippen molar-refractivity contribution in [2.24, 2.45) is 7.05 Å². The molecule has 0 unspecified atom stereocenters. The van der Waals surface area contributed by atoms with Gasteiger partial charge in [0, 0.05) is 49.0 Å². The molecule has 0 bridgehead atoms. The third-order valence-corrected chi connectivity index (χ3v) is 8.63. The number of aromatic nitrogens is 2. The molecule has 2 aliphatic rings. The third kappa shape index (κ3) is 4.16. The Balaban J connectivity index is 1.31. The molecule has 38 heavy (non-hydrogen) atoms. The molecular weight excluding hydrogens is 498 g/mol. The fraction of sp³-hybridized carbons (Fsp3) is 0.345. The molecule has 1 saturated heterocycles. The molecule has 4 heterocycles. The molecule has 0 radical (unpaired) electrons. The number of morpholine rings is 1. The van der Waals surface area contributed by atoms with Gasteiger partial charge in [0.15, 0.2) is 5.13 Å². The molecular formula is C29H31N5O3S. The first kappa shape index (κ1) is 24.6. The number of para-hydroxylation sites is 1. The number of thiazole rings is 1. The normalized spacial score (nSPS) is 18.5. The molecule has 0 saturated carbocycles. The first-order chi connectivity index (χ1) is 18.2. The van der Waals surface area contributed by atoms with Crippen LogP contribution in [-0.2, 0) is 23.7 Å². The van der Waals surface area contributed by atoms with E-state index in [-0.39, 0.29) is 17.9 Å². The Morgan fingerprint density at radius 3 is 2.79 bits per heavy atom. The van der Waals surface area contributed by atoms with E-state index >= 15 is 0 Å². The predicted octanol–water partition coefficient (Wildman–Crippen LogP) is 4.34. The molecule has 9 heteroatoms. The number of ether oxygens (including phenoxy) is 1. The van der Waals surface area contributed by atoms with Gasteiger partial charge in [-0.15, -0.1) is 0 Å². The molecule has 1 fully saturated rings. The minimum atomic E-state index is -0.464. The highest BCUT2D eigenvalue weighted by atomic mass is 32.1. The fourth-order valence-electron chi connectivity index (χ4n) is 5.47. The second kappa shape index (κ2) is 9.25. The molecule has 196 valence electrons. The molecule has 8 nitrogen and oxygen atoms in total. The average Bonchev–Trinajstić information content (AvgIpc) is 3.56. The Labute approximate surface area is 225 Å². The van der Waals surface area contributed by atoms with Gasteiger partial charge >= 0.3 is 0 Å².